The highest BCUT2D eigenvalue weighted by Crippen LogP contribution is 2.23. The van der Waals surface area contributed by atoms with Crippen molar-refractivity contribution in [2.24, 2.45) is 0 Å². The Bertz CT molecular complexity index is 546. The summed E-state index contributed by atoms with van der Waals surface area (Å²) in [5, 5.41) is 18.8. The Morgan fingerprint density at radius 3 is 2.85 bits per heavy atom. The predicted molar refractivity (Wildman–Crippen MR) is 71.1 cm³/mol. The highest BCUT2D eigenvalue weighted by Gasteiger charge is 2.25. The summed E-state index contributed by atoms with van der Waals surface area (Å²) in [6, 6.07) is 5.26. The van der Waals surface area contributed by atoms with Gasteiger partial charge in [0.05, 0.1) is 17.4 Å². The Balaban J connectivity index is 2.01. The Morgan fingerprint density at radius 2 is 2.15 bits per heavy atom. The number of amides is 2. The lowest BCUT2D eigenvalue weighted by Gasteiger charge is -2.22. The van der Waals surface area contributed by atoms with Crippen molar-refractivity contribution >= 4 is 23.2 Å². The summed E-state index contributed by atoms with van der Waals surface area (Å²) in [5.41, 5.74) is -0.0550. The summed E-state index contributed by atoms with van der Waals surface area (Å²) in [6.45, 7) is 1.12. The summed E-state index contributed by atoms with van der Waals surface area (Å²) >= 11 is 0. The molecular weight excluding hydrogens is 264 g/mol. The topological polar surface area (TPSA) is 113 Å². The van der Waals surface area contributed by atoms with Crippen LogP contribution in [-0.4, -0.2) is 35.9 Å². The van der Waals surface area contributed by atoms with Crippen LogP contribution in [0.5, 0.6) is 0 Å². The van der Waals surface area contributed by atoms with Crippen LogP contribution in [0, 0.1) is 10.1 Å². The van der Waals surface area contributed by atoms with E-state index < -0.39 is 16.9 Å². The van der Waals surface area contributed by atoms with Gasteiger partial charge in [-0.25, -0.2) is 0 Å². The van der Waals surface area contributed by atoms with E-state index in [4.69, 9.17) is 0 Å². The monoisotopic (exact) mass is 278 g/mol. The fourth-order valence-corrected chi connectivity index (χ4v) is 1.94. The van der Waals surface area contributed by atoms with Crippen molar-refractivity contribution in [1.82, 2.24) is 10.6 Å². The highest BCUT2D eigenvalue weighted by molar-refractivity contribution is 5.97. The normalized spacial score (nSPS) is 18.2. The van der Waals surface area contributed by atoms with Gasteiger partial charge < -0.3 is 16.0 Å². The fraction of sp³-hybridized carbons (Fsp3) is 0.333. The molecule has 1 heterocycles. The van der Waals surface area contributed by atoms with Crippen LogP contribution in [0.2, 0.25) is 0 Å². The van der Waals surface area contributed by atoms with Gasteiger partial charge in [-0.1, -0.05) is 12.1 Å². The number of carbonyl (C=O) groups is 2. The smallest absolute Gasteiger partial charge is 0.292 e. The van der Waals surface area contributed by atoms with Crippen LogP contribution in [0.25, 0.3) is 0 Å². The first-order valence-electron chi connectivity index (χ1n) is 6.12. The van der Waals surface area contributed by atoms with Crippen molar-refractivity contribution in [3.05, 3.63) is 34.4 Å². The number of anilines is 1. The van der Waals surface area contributed by atoms with Crippen LogP contribution in [0.4, 0.5) is 11.4 Å². The molecule has 1 atom stereocenters. The summed E-state index contributed by atoms with van der Waals surface area (Å²) in [6.07, 6.45) is -0.0715. The molecule has 2 amide bonds. The molecule has 3 N–H and O–H groups in total. The van der Waals surface area contributed by atoms with Crippen LogP contribution in [0.15, 0.2) is 24.3 Å². The van der Waals surface area contributed by atoms with Crippen molar-refractivity contribution < 1.29 is 14.5 Å². The molecule has 8 heteroatoms. The maximum atomic E-state index is 11.8. The van der Waals surface area contributed by atoms with E-state index in [1.165, 1.54) is 18.2 Å². The standard InChI is InChI=1S/C12H14N4O4/c17-11(7-9-12(18)14-6-5-13-9)15-8-3-1-2-4-10(8)16(19)20/h1-4,9,13H,5-7H2,(H,14,18)(H,15,17)/t9-/m1/s1. The second kappa shape index (κ2) is 6.11. The molecule has 1 aliphatic heterocycles. The predicted octanol–water partition coefficient (Wildman–Crippen LogP) is 0.0114. The van der Waals surface area contributed by atoms with Gasteiger partial charge in [0.2, 0.25) is 11.8 Å². The first-order valence-corrected chi connectivity index (χ1v) is 6.12. The molecule has 8 nitrogen and oxygen atoms in total. The zero-order chi connectivity index (χ0) is 14.5. The lowest BCUT2D eigenvalue weighted by molar-refractivity contribution is -0.383. The molecule has 1 saturated heterocycles. The summed E-state index contributed by atoms with van der Waals surface area (Å²) in [5.74, 6) is -0.692. The molecule has 0 spiro atoms. The van der Waals surface area contributed by atoms with Crippen LogP contribution < -0.4 is 16.0 Å². The summed E-state index contributed by atoms with van der Waals surface area (Å²) in [7, 11) is 0. The van der Waals surface area contributed by atoms with E-state index in [-0.39, 0.29) is 23.7 Å². The van der Waals surface area contributed by atoms with E-state index in [2.05, 4.69) is 16.0 Å². The van der Waals surface area contributed by atoms with Gasteiger partial charge in [0.1, 0.15) is 5.69 Å². The van der Waals surface area contributed by atoms with E-state index in [1.807, 2.05) is 0 Å². The molecule has 0 aliphatic carbocycles. The molecular formula is C12H14N4O4. The minimum atomic E-state index is -0.605. The van der Waals surface area contributed by atoms with E-state index in [1.54, 1.807) is 6.07 Å². The SMILES string of the molecule is O=C(C[C@H]1NCCNC1=O)Nc1ccccc1[N+](=O)[O-]. The Kier molecular flexibility index (Phi) is 4.26. The lowest BCUT2D eigenvalue weighted by Crippen LogP contribution is -2.53. The maximum absolute atomic E-state index is 11.8. The minimum absolute atomic E-state index is 0.0715. The number of nitrogens with one attached hydrogen (secondary N) is 3. The first-order chi connectivity index (χ1) is 9.58. The molecule has 0 bridgehead atoms. The van der Waals surface area contributed by atoms with Crippen molar-refractivity contribution in [2.45, 2.75) is 12.5 Å². The molecule has 2 rings (SSSR count). The number of carbonyl (C=O) groups excluding carboxylic acids is 2. The van der Waals surface area contributed by atoms with Gasteiger partial charge in [0.25, 0.3) is 5.69 Å². The number of hydrogen-bond acceptors (Lipinski definition) is 5. The van der Waals surface area contributed by atoms with Crippen LogP contribution in [0.3, 0.4) is 0 Å². The van der Waals surface area contributed by atoms with Crippen molar-refractivity contribution in [2.75, 3.05) is 18.4 Å². The second-order valence-corrected chi connectivity index (χ2v) is 4.32. The Morgan fingerprint density at radius 1 is 1.40 bits per heavy atom. The number of piperazine rings is 1. The molecule has 1 aliphatic rings. The molecule has 20 heavy (non-hydrogen) atoms. The number of para-hydroxylation sites is 2. The molecule has 0 saturated carbocycles. The number of hydrogen-bond donors (Lipinski definition) is 3. The molecule has 0 unspecified atom stereocenters. The molecule has 1 aromatic carbocycles. The van der Waals surface area contributed by atoms with Crippen molar-refractivity contribution in [3.8, 4) is 0 Å². The number of rotatable bonds is 4. The van der Waals surface area contributed by atoms with Crippen molar-refractivity contribution in [1.29, 1.82) is 0 Å². The van der Waals surface area contributed by atoms with Crippen LogP contribution >= 0.6 is 0 Å². The van der Waals surface area contributed by atoms with Crippen LogP contribution in [-0.2, 0) is 9.59 Å². The Hall–Kier alpha value is -2.48. The molecule has 1 fully saturated rings. The molecule has 0 radical (unpaired) electrons. The largest absolute Gasteiger partial charge is 0.353 e. The zero-order valence-electron chi connectivity index (χ0n) is 10.6. The van der Waals surface area contributed by atoms with Gasteiger partial charge in [-0.05, 0) is 6.07 Å². The average Bonchev–Trinajstić information content (AvgIpc) is 2.41. The van der Waals surface area contributed by atoms with E-state index in [0.717, 1.165) is 0 Å². The van der Waals surface area contributed by atoms with Gasteiger partial charge in [0, 0.05) is 19.2 Å². The highest BCUT2D eigenvalue weighted by atomic mass is 16.6. The third-order valence-corrected chi connectivity index (χ3v) is 2.90. The van der Waals surface area contributed by atoms with Crippen LogP contribution in [0.1, 0.15) is 6.42 Å². The number of nitro groups is 1. The average molecular weight is 278 g/mol. The first kappa shape index (κ1) is 13.9. The van der Waals surface area contributed by atoms with Crippen molar-refractivity contribution in [3.63, 3.8) is 0 Å². The number of nitrogens with zero attached hydrogens (tertiary/aromatic N) is 1. The summed E-state index contributed by atoms with van der Waals surface area (Å²) < 4.78 is 0. The van der Waals surface area contributed by atoms with Gasteiger partial charge in [-0.15, -0.1) is 0 Å². The Labute approximate surface area is 114 Å². The quantitative estimate of drug-likeness (QED) is 0.530. The van der Waals surface area contributed by atoms with E-state index in [0.29, 0.717) is 13.1 Å². The number of nitro benzene ring substituents is 1. The maximum Gasteiger partial charge on any atom is 0.292 e. The molecule has 1 aromatic rings. The fourth-order valence-electron chi connectivity index (χ4n) is 1.94. The van der Waals surface area contributed by atoms with Gasteiger partial charge in [-0.3, -0.25) is 19.7 Å². The third-order valence-electron chi connectivity index (χ3n) is 2.90. The molecule has 106 valence electrons. The van der Waals surface area contributed by atoms with E-state index in [9.17, 15) is 19.7 Å². The molecule has 0 aromatic heterocycles. The second-order valence-electron chi connectivity index (χ2n) is 4.32. The lowest BCUT2D eigenvalue weighted by atomic mass is 10.1. The zero-order valence-corrected chi connectivity index (χ0v) is 10.6. The summed E-state index contributed by atoms with van der Waals surface area (Å²) in [4.78, 5) is 33.6. The third kappa shape index (κ3) is 3.29. The number of benzene rings is 1. The van der Waals surface area contributed by atoms with E-state index >= 15 is 0 Å². The minimum Gasteiger partial charge on any atom is -0.353 e. The van der Waals surface area contributed by atoms with Gasteiger partial charge in [0.15, 0.2) is 0 Å². The van der Waals surface area contributed by atoms with Gasteiger partial charge >= 0.3 is 0 Å². The van der Waals surface area contributed by atoms with Gasteiger partial charge in [-0.2, -0.15) is 0 Å².